The number of ether oxygens (including phenoxy) is 2. The van der Waals surface area contributed by atoms with Crippen LogP contribution in [0, 0.1) is 23.0 Å². The van der Waals surface area contributed by atoms with Crippen molar-refractivity contribution in [1.82, 2.24) is 4.98 Å². The van der Waals surface area contributed by atoms with Gasteiger partial charge in [0.2, 0.25) is 0 Å². The first kappa shape index (κ1) is 23.4. The molecule has 1 aromatic carbocycles. The number of hydrogen-bond acceptors (Lipinski definition) is 9. The van der Waals surface area contributed by atoms with E-state index in [1.165, 1.54) is 31.3 Å². The highest BCUT2D eigenvalue weighted by atomic mass is 32.2. The van der Waals surface area contributed by atoms with Crippen LogP contribution < -0.4 is 0 Å². The van der Waals surface area contributed by atoms with E-state index in [1.54, 1.807) is 25.1 Å². The summed E-state index contributed by atoms with van der Waals surface area (Å²) in [5.74, 6) is -0.869. The SMILES string of the molecule is CC(=O)O[C@H]1[C@H](C)C=C(c2ccncc2[N+](=O)[O-])O[C@@H]1COS(=O)(=O)c1ccc(C)cc1. The number of carbonyl (C=O) groups is 1. The maximum atomic E-state index is 12.6. The van der Waals surface area contributed by atoms with Crippen LogP contribution >= 0.6 is 0 Å². The van der Waals surface area contributed by atoms with Crippen molar-refractivity contribution in [2.24, 2.45) is 5.92 Å². The average molecular weight is 462 g/mol. The fourth-order valence-corrected chi connectivity index (χ4v) is 4.19. The van der Waals surface area contributed by atoms with Crippen molar-refractivity contribution in [3.8, 4) is 0 Å². The number of nitro groups is 1. The lowest BCUT2D eigenvalue weighted by Gasteiger charge is -2.35. The van der Waals surface area contributed by atoms with Gasteiger partial charge >= 0.3 is 5.97 Å². The van der Waals surface area contributed by atoms with Crippen molar-refractivity contribution in [2.45, 2.75) is 37.9 Å². The molecular formula is C21H22N2O8S. The molecule has 1 aliphatic rings. The molecule has 2 aromatic rings. The number of benzene rings is 1. The zero-order valence-corrected chi connectivity index (χ0v) is 18.4. The molecule has 0 radical (unpaired) electrons. The molecule has 0 saturated heterocycles. The second kappa shape index (κ2) is 9.45. The molecule has 0 amide bonds. The maximum Gasteiger partial charge on any atom is 0.303 e. The number of aromatic nitrogens is 1. The fraction of sp³-hybridized carbons (Fsp3) is 0.333. The Labute approximate surface area is 185 Å². The van der Waals surface area contributed by atoms with Crippen molar-refractivity contribution in [3.63, 3.8) is 0 Å². The summed E-state index contributed by atoms with van der Waals surface area (Å²) < 4.78 is 41.6. The van der Waals surface area contributed by atoms with E-state index in [4.69, 9.17) is 13.7 Å². The van der Waals surface area contributed by atoms with Crippen LogP contribution in [0.1, 0.15) is 25.0 Å². The zero-order valence-electron chi connectivity index (χ0n) is 17.6. The van der Waals surface area contributed by atoms with Gasteiger partial charge in [-0.1, -0.05) is 24.6 Å². The largest absolute Gasteiger partial charge is 0.483 e. The Bertz CT molecular complexity index is 1140. The van der Waals surface area contributed by atoms with E-state index in [-0.39, 0.29) is 21.9 Å². The molecule has 3 atom stereocenters. The van der Waals surface area contributed by atoms with Crippen LogP contribution in [0.4, 0.5) is 5.69 Å². The van der Waals surface area contributed by atoms with Crippen molar-refractivity contribution in [3.05, 3.63) is 70.0 Å². The summed E-state index contributed by atoms with van der Waals surface area (Å²) in [7, 11) is -4.11. The van der Waals surface area contributed by atoms with E-state index in [0.717, 1.165) is 11.8 Å². The van der Waals surface area contributed by atoms with E-state index >= 15 is 0 Å². The Balaban J connectivity index is 1.89. The van der Waals surface area contributed by atoms with E-state index in [2.05, 4.69) is 4.98 Å². The van der Waals surface area contributed by atoms with Gasteiger partial charge in [-0.05, 0) is 31.2 Å². The van der Waals surface area contributed by atoms with Crippen LogP contribution in [0.2, 0.25) is 0 Å². The van der Waals surface area contributed by atoms with Gasteiger partial charge in [-0.2, -0.15) is 8.42 Å². The van der Waals surface area contributed by atoms with Crippen LogP contribution in [0.3, 0.4) is 0 Å². The number of pyridine rings is 1. The molecule has 0 unspecified atom stereocenters. The predicted octanol–water partition coefficient (Wildman–Crippen LogP) is 3.01. The lowest BCUT2D eigenvalue weighted by atomic mass is 9.94. The Morgan fingerprint density at radius 1 is 1.25 bits per heavy atom. The fourth-order valence-electron chi connectivity index (χ4n) is 3.27. The molecule has 32 heavy (non-hydrogen) atoms. The molecule has 0 spiro atoms. The second-order valence-electron chi connectivity index (χ2n) is 7.32. The summed E-state index contributed by atoms with van der Waals surface area (Å²) in [4.78, 5) is 26.1. The standard InChI is InChI=1S/C21H22N2O8S/c1-13-4-6-16(7-5-13)32(27,28)29-12-20-21(30-15(3)24)14(2)10-19(31-20)17-8-9-22-11-18(17)23(25)26/h4-11,14,20-21H,12H2,1-3H3/t14-,20-,21+/m1/s1. The average Bonchev–Trinajstić information content (AvgIpc) is 2.74. The Kier molecular flexibility index (Phi) is 6.90. The van der Waals surface area contributed by atoms with Crippen LogP contribution in [0.25, 0.3) is 5.76 Å². The third-order valence-corrected chi connectivity index (χ3v) is 6.13. The van der Waals surface area contributed by atoms with E-state index < -0.39 is 45.7 Å². The van der Waals surface area contributed by atoms with E-state index in [1.807, 2.05) is 6.92 Å². The van der Waals surface area contributed by atoms with Gasteiger partial charge in [0.15, 0.2) is 6.10 Å². The van der Waals surface area contributed by atoms with Gasteiger partial charge in [0.25, 0.3) is 15.8 Å². The molecule has 3 rings (SSSR count). The van der Waals surface area contributed by atoms with Crippen molar-refractivity contribution < 1.29 is 31.8 Å². The number of carbonyl (C=O) groups excluding carboxylic acids is 1. The molecule has 0 fully saturated rings. The van der Waals surface area contributed by atoms with Crippen LogP contribution in [0.5, 0.6) is 0 Å². The van der Waals surface area contributed by atoms with Crippen molar-refractivity contribution in [1.29, 1.82) is 0 Å². The number of rotatable bonds is 7. The smallest absolute Gasteiger partial charge is 0.303 e. The van der Waals surface area contributed by atoms with Crippen molar-refractivity contribution in [2.75, 3.05) is 6.61 Å². The molecular weight excluding hydrogens is 440 g/mol. The molecule has 1 aliphatic heterocycles. The van der Waals surface area contributed by atoms with Gasteiger partial charge < -0.3 is 9.47 Å². The minimum Gasteiger partial charge on any atom is -0.483 e. The molecule has 0 saturated carbocycles. The summed E-state index contributed by atoms with van der Waals surface area (Å²) in [6, 6.07) is 7.54. The number of nitrogens with zero attached hydrogens (tertiary/aromatic N) is 2. The highest BCUT2D eigenvalue weighted by Gasteiger charge is 2.38. The van der Waals surface area contributed by atoms with Gasteiger partial charge in [-0.25, -0.2) is 0 Å². The molecule has 0 bridgehead atoms. The van der Waals surface area contributed by atoms with Crippen LogP contribution in [-0.2, 0) is 28.6 Å². The Hall–Kier alpha value is -3.31. The normalized spacial score (nSPS) is 20.7. The molecule has 11 heteroatoms. The first-order chi connectivity index (χ1) is 15.1. The maximum absolute atomic E-state index is 12.6. The molecule has 2 heterocycles. The Morgan fingerprint density at radius 2 is 1.94 bits per heavy atom. The molecule has 10 nitrogen and oxygen atoms in total. The highest BCUT2D eigenvalue weighted by molar-refractivity contribution is 7.86. The quantitative estimate of drug-likeness (QED) is 0.263. The Morgan fingerprint density at radius 3 is 2.56 bits per heavy atom. The van der Waals surface area contributed by atoms with Crippen LogP contribution in [-0.4, -0.2) is 43.1 Å². The number of aryl methyl sites for hydroxylation is 1. The minimum atomic E-state index is -4.11. The zero-order chi connectivity index (χ0) is 23.5. The van der Waals surface area contributed by atoms with Crippen molar-refractivity contribution >= 4 is 27.5 Å². The molecule has 170 valence electrons. The van der Waals surface area contributed by atoms with Gasteiger partial charge in [-0.3, -0.25) is 24.1 Å². The third kappa shape index (κ3) is 5.29. The summed E-state index contributed by atoms with van der Waals surface area (Å²) in [6.07, 6.45) is 2.17. The summed E-state index contributed by atoms with van der Waals surface area (Å²) in [5.41, 5.74) is 0.783. The van der Waals surface area contributed by atoms with Gasteiger partial charge in [0.05, 0.1) is 15.4 Å². The number of hydrogen-bond donors (Lipinski definition) is 0. The van der Waals surface area contributed by atoms with E-state index in [9.17, 15) is 23.3 Å². The predicted molar refractivity (Wildman–Crippen MR) is 113 cm³/mol. The summed E-state index contributed by atoms with van der Waals surface area (Å²) in [5, 5.41) is 11.4. The topological polar surface area (TPSA) is 135 Å². The lowest BCUT2D eigenvalue weighted by molar-refractivity contribution is -0.385. The molecule has 0 N–H and O–H groups in total. The monoisotopic (exact) mass is 462 g/mol. The third-order valence-electron chi connectivity index (χ3n) is 4.84. The lowest BCUT2D eigenvalue weighted by Crippen LogP contribution is -2.43. The van der Waals surface area contributed by atoms with Gasteiger partial charge in [0.1, 0.15) is 24.7 Å². The van der Waals surface area contributed by atoms with Gasteiger partial charge in [-0.15, -0.1) is 0 Å². The first-order valence-corrected chi connectivity index (χ1v) is 11.1. The second-order valence-corrected chi connectivity index (χ2v) is 8.94. The highest BCUT2D eigenvalue weighted by Crippen LogP contribution is 2.35. The van der Waals surface area contributed by atoms with Gasteiger partial charge in [0, 0.05) is 19.0 Å². The van der Waals surface area contributed by atoms with Crippen LogP contribution in [0.15, 0.2) is 53.7 Å². The summed E-state index contributed by atoms with van der Waals surface area (Å²) in [6.45, 7) is 4.31. The molecule has 1 aromatic heterocycles. The first-order valence-electron chi connectivity index (χ1n) is 9.69. The minimum absolute atomic E-state index is 0.0310. The summed E-state index contributed by atoms with van der Waals surface area (Å²) >= 11 is 0. The molecule has 0 aliphatic carbocycles. The number of esters is 1. The van der Waals surface area contributed by atoms with E-state index in [0.29, 0.717) is 0 Å².